The van der Waals surface area contributed by atoms with Crippen LogP contribution in [0.15, 0.2) is 6.07 Å². The van der Waals surface area contributed by atoms with Crippen LogP contribution in [0.1, 0.15) is 5.56 Å². The van der Waals surface area contributed by atoms with Crippen molar-refractivity contribution in [3.05, 3.63) is 25.4 Å². The summed E-state index contributed by atoms with van der Waals surface area (Å²) in [5, 5.41) is 19.3. The summed E-state index contributed by atoms with van der Waals surface area (Å²) in [6.07, 6.45) is -4.96. The van der Waals surface area contributed by atoms with E-state index in [0.717, 1.165) is 6.07 Å². The van der Waals surface area contributed by atoms with E-state index in [1.165, 1.54) is 22.6 Å². The van der Waals surface area contributed by atoms with Gasteiger partial charge in [0.2, 0.25) is 0 Å². The molecular weight excluding hydrogens is 360 g/mol. The van der Waals surface area contributed by atoms with Crippen LogP contribution in [0, 0.1) is 13.8 Å². The first-order chi connectivity index (χ1) is 7.74. The van der Waals surface area contributed by atoms with Crippen LogP contribution in [0.2, 0.25) is 0 Å². The first-order valence-corrected chi connectivity index (χ1v) is 5.03. The van der Waals surface area contributed by atoms with Gasteiger partial charge in [0.25, 0.3) is 3.70 Å². The van der Waals surface area contributed by atoms with Crippen LogP contribution in [0.4, 0.5) is 19.0 Å². The summed E-state index contributed by atoms with van der Waals surface area (Å²) >= 11 is 1.36. The molecule has 0 saturated carbocycles. The molecule has 1 aromatic heterocycles. The van der Waals surface area contributed by atoms with Gasteiger partial charge in [-0.2, -0.15) is 0 Å². The summed E-state index contributed by atoms with van der Waals surface area (Å²) in [6, 6.07) is 0.725. The van der Waals surface area contributed by atoms with Crippen LogP contribution in [0.5, 0.6) is 5.75 Å². The lowest BCUT2D eigenvalue weighted by atomic mass is 10.2. The van der Waals surface area contributed by atoms with Crippen LogP contribution in [0.3, 0.4) is 0 Å². The highest BCUT2D eigenvalue weighted by molar-refractivity contribution is 14.1. The Morgan fingerprint density at radius 2 is 2.18 bits per heavy atom. The van der Waals surface area contributed by atoms with Crippen molar-refractivity contribution in [2.24, 2.45) is 0 Å². The molecule has 0 atom stereocenters. The highest BCUT2D eigenvalue weighted by Crippen LogP contribution is 2.32. The summed E-state index contributed by atoms with van der Waals surface area (Å²) in [7, 11) is 0. The van der Waals surface area contributed by atoms with Gasteiger partial charge in [0, 0.05) is 34.2 Å². The SMILES string of the molecule is O=[N+]([O-])c1cc(CO)c(OC(F)(F)F)c(I)n1. The standard InChI is InChI=1S/C7H4F3IN2O4/c8-7(9,10)17-5-3(2-14)1-4(13(15)16)12-6(5)11/h1,14H,2H2. The number of halogens is 4. The van der Waals surface area contributed by atoms with E-state index in [1.807, 2.05) is 0 Å². The molecule has 0 aliphatic rings. The number of nitrogens with zero attached hydrogens (tertiary/aromatic N) is 2. The lowest BCUT2D eigenvalue weighted by Crippen LogP contribution is -2.19. The van der Waals surface area contributed by atoms with Crippen LogP contribution < -0.4 is 4.74 Å². The molecule has 0 aromatic carbocycles. The average Bonchev–Trinajstić information content (AvgIpc) is 2.18. The van der Waals surface area contributed by atoms with Gasteiger partial charge < -0.3 is 20.0 Å². The van der Waals surface area contributed by atoms with E-state index in [0.29, 0.717) is 0 Å². The van der Waals surface area contributed by atoms with Crippen molar-refractivity contribution in [1.29, 1.82) is 0 Å². The monoisotopic (exact) mass is 364 g/mol. The number of alkyl halides is 3. The van der Waals surface area contributed by atoms with Crippen LogP contribution in [-0.4, -0.2) is 21.4 Å². The fraction of sp³-hybridized carbons (Fsp3) is 0.286. The molecular formula is C7H4F3IN2O4. The molecule has 1 rings (SSSR count). The normalized spacial score (nSPS) is 11.4. The molecule has 0 radical (unpaired) electrons. The highest BCUT2D eigenvalue weighted by atomic mass is 127. The lowest BCUT2D eigenvalue weighted by molar-refractivity contribution is -0.389. The topological polar surface area (TPSA) is 85.5 Å². The summed E-state index contributed by atoms with van der Waals surface area (Å²) < 4.78 is 39.4. The predicted molar refractivity (Wildman–Crippen MR) is 56.2 cm³/mol. The van der Waals surface area contributed by atoms with E-state index in [4.69, 9.17) is 5.11 Å². The number of hydrogen-bond acceptors (Lipinski definition) is 5. The molecule has 1 aromatic rings. The average molecular weight is 364 g/mol. The quantitative estimate of drug-likeness (QED) is 0.384. The minimum Gasteiger partial charge on any atom is -0.400 e. The Bertz CT molecular complexity index is 451. The van der Waals surface area contributed by atoms with Crippen molar-refractivity contribution in [2.45, 2.75) is 13.0 Å². The molecule has 6 nitrogen and oxygen atoms in total. The van der Waals surface area contributed by atoms with Gasteiger partial charge in [-0.25, -0.2) is 0 Å². The van der Waals surface area contributed by atoms with Crippen molar-refractivity contribution in [3.8, 4) is 5.75 Å². The molecule has 0 saturated heterocycles. The van der Waals surface area contributed by atoms with Crippen molar-refractivity contribution in [2.75, 3.05) is 0 Å². The summed E-state index contributed by atoms with van der Waals surface area (Å²) in [5.41, 5.74) is -0.353. The third-order valence-corrected chi connectivity index (χ3v) is 2.30. The Labute approximate surface area is 106 Å². The third-order valence-electron chi connectivity index (χ3n) is 1.57. The maximum Gasteiger partial charge on any atom is 0.573 e. The molecule has 0 amide bonds. The fourth-order valence-electron chi connectivity index (χ4n) is 0.972. The molecule has 0 spiro atoms. The fourth-order valence-corrected chi connectivity index (χ4v) is 1.68. The van der Waals surface area contributed by atoms with E-state index in [-0.39, 0.29) is 9.26 Å². The van der Waals surface area contributed by atoms with Crippen LogP contribution >= 0.6 is 22.6 Å². The zero-order valence-electron chi connectivity index (χ0n) is 7.86. The van der Waals surface area contributed by atoms with Crippen LogP contribution in [0.25, 0.3) is 0 Å². The molecule has 1 N–H and O–H groups in total. The largest absolute Gasteiger partial charge is 0.573 e. The predicted octanol–water partition coefficient (Wildman–Crippen LogP) is 1.99. The summed E-state index contributed by atoms with van der Waals surface area (Å²) in [6.45, 7) is -0.829. The number of nitro groups is 1. The number of pyridine rings is 1. The summed E-state index contributed by atoms with van der Waals surface area (Å²) in [5.74, 6) is -1.39. The maximum absolute atomic E-state index is 12.0. The molecule has 0 fully saturated rings. The van der Waals surface area contributed by atoms with Crippen molar-refractivity contribution >= 4 is 28.4 Å². The van der Waals surface area contributed by atoms with Crippen LogP contribution in [-0.2, 0) is 6.61 Å². The number of aromatic nitrogens is 1. The Hall–Kier alpha value is -1.17. The Morgan fingerprint density at radius 1 is 1.59 bits per heavy atom. The molecule has 17 heavy (non-hydrogen) atoms. The van der Waals surface area contributed by atoms with Gasteiger partial charge in [0.15, 0.2) is 5.75 Å². The first-order valence-electron chi connectivity index (χ1n) is 3.95. The van der Waals surface area contributed by atoms with Gasteiger partial charge in [-0.15, -0.1) is 13.2 Å². The molecule has 0 aliphatic heterocycles. The van der Waals surface area contributed by atoms with Gasteiger partial charge in [0.1, 0.15) is 0 Å². The van der Waals surface area contributed by atoms with Crippen molar-refractivity contribution in [3.63, 3.8) is 0 Å². The molecule has 10 heteroatoms. The molecule has 0 bridgehead atoms. The smallest absolute Gasteiger partial charge is 0.400 e. The van der Waals surface area contributed by atoms with Gasteiger partial charge >= 0.3 is 12.2 Å². The minimum atomic E-state index is -4.96. The van der Waals surface area contributed by atoms with Gasteiger partial charge in [-0.3, -0.25) is 0 Å². The molecule has 0 aliphatic carbocycles. The number of ether oxygens (including phenoxy) is 1. The second-order valence-corrected chi connectivity index (χ2v) is 3.74. The molecule has 0 unspecified atom stereocenters. The number of rotatable bonds is 3. The molecule has 1 heterocycles. The highest BCUT2D eigenvalue weighted by Gasteiger charge is 2.35. The van der Waals surface area contributed by atoms with E-state index >= 15 is 0 Å². The Kier molecular flexibility index (Phi) is 4.08. The second kappa shape index (κ2) is 5.00. The zero-order chi connectivity index (χ0) is 13.2. The first kappa shape index (κ1) is 13.9. The number of aliphatic hydroxyl groups excluding tert-OH is 1. The van der Waals surface area contributed by atoms with Gasteiger partial charge in [-0.05, 0) is 9.91 Å². The van der Waals surface area contributed by atoms with Crippen molar-refractivity contribution in [1.82, 2.24) is 4.98 Å². The number of aliphatic hydroxyl groups is 1. The maximum atomic E-state index is 12.0. The second-order valence-electron chi connectivity index (χ2n) is 2.72. The summed E-state index contributed by atoms with van der Waals surface area (Å²) in [4.78, 5) is 12.9. The van der Waals surface area contributed by atoms with Gasteiger partial charge in [-0.1, -0.05) is 0 Å². The zero-order valence-corrected chi connectivity index (χ0v) is 10.0. The van der Waals surface area contributed by atoms with E-state index < -0.39 is 29.5 Å². The van der Waals surface area contributed by atoms with E-state index in [9.17, 15) is 23.3 Å². The third kappa shape index (κ3) is 3.66. The minimum absolute atomic E-state index is 0.349. The number of hydrogen-bond donors (Lipinski definition) is 1. The molecule has 94 valence electrons. The van der Waals surface area contributed by atoms with E-state index in [2.05, 4.69) is 9.72 Å². The van der Waals surface area contributed by atoms with Gasteiger partial charge in [0.05, 0.1) is 6.61 Å². The van der Waals surface area contributed by atoms with Crippen molar-refractivity contribution < 1.29 is 27.9 Å². The van der Waals surface area contributed by atoms with E-state index in [1.54, 1.807) is 0 Å². The Balaban J connectivity index is 3.26. The Morgan fingerprint density at radius 3 is 2.59 bits per heavy atom. The lowest BCUT2D eigenvalue weighted by Gasteiger charge is -2.11.